The molecule has 1 amide bonds. The molecule has 5 heteroatoms. The van der Waals surface area contributed by atoms with Gasteiger partial charge in [-0.05, 0) is 32.0 Å². The molecule has 0 fully saturated rings. The second-order valence-corrected chi connectivity index (χ2v) is 6.97. The van der Waals surface area contributed by atoms with E-state index in [4.69, 9.17) is 4.52 Å². The Morgan fingerprint density at radius 3 is 2.50 bits per heavy atom. The smallest absolute Gasteiger partial charge is 0.234 e. The Labute approximate surface area is 166 Å². The van der Waals surface area contributed by atoms with Gasteiger partial charge in [0.25, 0.3) is 0 Å². The minimum atomic E-state index is 0.0597. The highest BCUT2D eigenvalue weighted by molar-refractivity contribution is 5.77. The van der Waals surface area contributed by atoms with Gasteiger partial charge in [0.05, 0.1) is 6.54 Å². The molecule has 0 aliphatic carbocycles. The number of amides is 1. The average Bonchev–Trinajstić information content (AvgIpc) is 3.18. The monoisotopic (exact) mass is 377 g/mol. The Kier molecular flexibility index (Phi) is 7.38. The fraction of sp³-hybridized carbons (Fsp3) is 0.304. The predicted octanol–water partition coefficient (Wildman–Crippen LogP) is 3.56. The summed E-state index contributed by atoms with van der Waals surface area (Å²) >= 11 is 0. The van der Waals surface area contributed by atoms with E-state index in [2.05, 4.69) is 22.6 Å². The summed E-state index contributed by atoms with van der Waals surface area (Å²) in [5.74, 6) is 0.934. The molecular formula is C23H27N3O2. The first-order valence-corrected chi connectivity index (χ1v) is 9.71. The van der Waals surface area contributed by atoms with Crippen molar-refractivity contribution in [3.8, 4) is 11.3 Å². The fourth-order valence-electron chi connectivity index (χ4n) is 3.07. The van der Waals surface area contributed by atoms with E-state index in [1.165, 1.54) is 5.56 Å². The highest BCUT2D eigenvalue weighted by Gasteiger charge is 2.09. The first-order valence-electron chi connectivity index (χ1n) is 9.71. The van der Waals surface area contributed by atoms with Crippen molar-refractivity contribution in [3.05, 3.63) is 78.1 Å². The number of carbonyl (C=O) groups excluding carboxylic acids is 1. The minimum absolute atomic E-state index is 0.0597. The number of hydrogen-bond donors (Lipinski definition) is 1. The number of aryl methyl sites for hydroxylation is 1. The van der Waals surface area contributed by atoms with Crippen molar-refractivity contribution in [1.82, 2.24) is 15.4 Å². The molecule has 0 aliphatic heterocycles. The second-order valence-electron chi connectivity index (χ2n) is 6.97. The van der Waals surface area contributed by atoms with Crippen LogP contribution >= 0.6 is 0 Å². The standard InChI is InChI=1S/C23H27N3O2/c1-26(18-23(27)24-15-14-19-9-4-2-5-10-19)16-8-13-21-17-22(25-28-21)20-11-6-3-7-12-20/h2-7,9-12,17H,8,13-16,18H2,1H3,(H,24,27). The second kappa shape index (κ2) is 10.4. The molecule has 0 atom stereocenters. The number of hydrogen-bond acceptors (Lipinski definition) is 4. The zero-order valence-corrected chi connectivity index (χ0v) is 16.3. The van der Waals surface area contributed by atoms with Crippen molar-refractivity contribution in [2.24, 2.45) is 0 Å². The molecule has 5 nitrogen and oxygen atoms in total. The molecule has 28 heavy (non-hydrogen) atoms. The molecule has 0 bridgehead atoms. The van der Waals surface area contributed by atoms with E-state index in [0.717, 1.165) is 42.8 Å². The topological polar surface area (TPSA) is 58.4 Å². The lowest BCUT2D eigenvalue weighted by Crippen LogP contribution is -2.36. The number of benzene rings is 2. The van der Waals surface area contributed by atoms with Gasteiger partial charge in [0.15, 0.2) is 0 Å². The molecule has 0 spiro atoms. The molecule has 3 aromatic rings. The third kappa shape index (κ3) is 6.35. The lowest BCUT2D eigenvalue weighted by atomic mass is 10.1. The van der Waals surface area contributed by atoms with Gasteiger partial charge >= 0.3 is 0 Å². The molecule has 0 saturated carbocycles. The first kappa shape index (κ1) is 19.8. The molecule has 3 rings (SSSR count). The zero-order valence-electron chi connectivity index (χ0n) is 16.3. The maximum Gasteiger partial charge on any atom is 0.234 e. The molecule has 1 N–H and O–H groups in total. The number of nitrogens with one attached hydrogen (secondary N) is 1. The summed E-state index contributed by atoms with van der Waals surface area (Å²) in [5, 5.41) is 7.12. The van der Waals surface area contributed by atoms with Crippen LogP contribution < -0.4 is 5.32 Å². The van der Waals surface area contributed by atoms with Crippen molar-refractivity contribution < 1.29 is 9.32 Å². The maximum atomic E-state index is 12.1. The van der Waals surface area contributed by atoms with Crippen LogP contribution in [0, 0.1) is 0 Å². The van der Waals surface area contributed by atoms with Gasteiger partial charge in [0.2, 0.25) is 5.91 Å². The third-order valence-corrected chi connectivity index (χ3v) is 4.58. The van der Waals surface area contributed by atoms with E-state index < -0.39 is 0 Å². The molecule has 0 unspecified atom stereocenters. The van der Waals surface area contributed by atoms with Crippen molar-refractivity contribution in [3.63, 3.8) is 0 Å². The molecule has 0 radical (unpaired) electrons. The summed E-state index contributed by atoms with van der Waals surface area (Å²) in [6.07, 6.45) is 2.57. The normalized spacial score (nSPS) is 10.9. The van der Waals surface area contributed by atoms with Gasteiger partial charge in [0.1, 0.15) is 11.5 Å². The summed E-state index contributed by atoms with van der Waals surface area (Å²) in [6.45, 7) is 1.89. The van der Waals surface area contributed by atoms with E-state index in [1.54, 1.807) is 0 Å². The molecule has 0 aliphatic rings. The van der Waals surface area contributed by atoms with E-state index in [0.29, 0.717) is 13.1 Å². The van der Waals surface area contributed by atoms with Crippen LogP contribution in [0.3, 0.4) is 0 Å². The Hall–Kier alpha value is -2.92. The molecule has 146 valence electrons. The SMILES string of the molecule is CN(CCCc1cc(-c2ccccc2)no1)CC(=O)NCCc1ccccc1. The van der Waals surface area contributed by atoms with Gasteiger partial charge in [-0.2, -0.15) is 0 Å². The summed E-state index contributed by atoms with van der Waals surface area (Å²) in [7, 11) is 1.96. The van der Waals surface area contributed by atoms with Crippen LogP contribution in [0.2, 0.25) is 0 Å². The van der Waals surface area contributed by atoms with Crippen LogP contribution in [-0.2, 0) is 17.6 Å². The average molecular weight is 377 g/mol. The molecule has 1 aromatic heterocycles. The van der Waals surface area contributed by atoms with Gasteiger partial charge in [0, 0.05) is 24.6 Å². The molecule has 1 heterocycles. The van der Waals surface area contributed by atoms with Crippen LogP contribution in [0.1, 0.15) is 17.7 Å². The number of aromatic nitrogens is 1. The lowest BCUT2D eigenvalue weighted by Gasteiger charge is -2.15. The summed E-state index contributed by atoms with van der Waals surface area (Å²) < 4.78 is 5.43. The maximum absolute atomic E-state index is 12.1. The summed E-state index contributed by atoms with van der Waals surface area (Å²) in [6, 6.07) is 22.2. The van der Waals surface area contributed by atoms with E-state index in [-0.39, 0.29) is 5.91 Å². The van der Waals surface area contributed by atoms with Gasteiger partial charge in [-0.25, -0.2) is 0 Å². The Morgan fingerprint density at radius 2 is 1.75 bits per heavy atom. The van der Waals surface area contributed by atoms with Crippen LogP contribution in [0.15, 0.2) is 71.3 Å². The highest BCUT2D eigenvalue weighted by atomic mass is 16.5. The van der Waals surface area contributed by atoms with Gasteiger partial charge in [-0.15, -0.1) is 0 Å². The van der Waals surface area contributed by atoms with Crippen molar-refractivity contribution in [2.45, 2.75) is 19.3 Å². The Bertz CT molecular complexity index is 847. The Balaban J connectivity index is 1.32. The fourth-order valence-corrected chi connectivity index (χ4v) is 3.07. The number of nitrogens with zero attached hydrogens (tertiary/aromatic N) is 2. The third-order valence-electron chi connectivity index (χ3n) is 4.58. The van der Waals surface area contributed by atoms with Crippen molar-refractivity contribution in [1.29, 1.82) is 0 Å². The lowest BCUT2D eigenvalue weighted by molar-refractivity contribution is -0.121. The molecular weight excluding hydrogens is 350 g/mol. The minimum Gasteiger partial charge on any atom is -0.361 e. The summed E-state index contributed by atoms with van der Waals surface area (Å²) in [5.41, 5.74) is 3.15. The van der Waals surface area contributed by atoms with Crippen LogP contribution in [-0.4, -0.2) is 42.6 Å². The largest absolute Gasteiger partial charge is 0.361 e. The van der Waals surface area contributed by atoms with Crippen molar-refractivity contribution >= 4 is 5.91 Å². The zero-order chi connectivity index (χ0) is 19.6. The van der Waals surface area contributed by atoms with Gasteiger partial charge in [-0.1, -0.05) is 65.8 Å². The van der Waals surface area contributed by atoms with E-state index in [9.17, 15) is 4.79 Å². The Morgan fingerprint density at radius 1 is 1.04 bits per heavy atom. The van der Waals surface area contributed by atoms with E-state index >= 15 is 0 Å². The van der Waals surface area contributed by atoms with Crippen molar-refractivity contribution in [2.75, 3.05) is 26.7 Å². The van der Waals surface area contributed by atoms with Crippen LogP contribution in [0.25, 0.3) is 11.3 Å². The van der Waals surface area contributed by atoms with E-state index in [1.807, 2.05) is 66.5 Å². The van der Waals surface area contributed by atoms with Crippen LogP contribution in [0.5, 0.6) is 0 Å². The number of rotatable bonds is 10. The molecule has 2 aromatic carbocycles. The number of likely N-dealkylation sites (N-methyl/N-ethyl adjacent to an activating group) is 1. The quantitative estimate of drug-likeness (QED) is 0.587. The van der Waals surface area contributed by atoms with Gasteiger partial charge in [-0.3, -0.25) is 9.69 Å². The first-order chi connectivity index (χ1) is 13.7. The predicted molar refractivity (Wildman–Crippen MR) is 111 cm³/mol. The number of carbonyl (C=O) groups is 1. The molecule has 0 saturated heterocycles. The highest BCUT2D eigenvalue weighted by Crippen LogP contribution is 2.19. The summed E-state index contributed by atoms with van der Waals surface area (Å²) in [4.78, 5) is 14.1. The van der Waals surface area contributed by atoms with Crippen LogP contribution in [0.4, 0.5) is 0 Å². The van der Waals surface area contributed by atoms with Gasteiger partial charge < -0.3 is 9.84 Å².